The lowest BCUT2D eigenvalue weighted by molar-refractivity contribution is -0.139. The molecule has 0 radical (unpaired) electrons. The van der Waals surface area contributed by atoms with Gasteiger partial charge in [0.2, 0.25) is 0 Å². The smallest absolute Gasteiger partial charge is 0.338 e. The summed E-state index contributed by atoms with van der Waals surface area (Å²) < 4.78 is 21.9. The summed E-state index contributed by atoms with van der Waals surface area (Å²) in [5.41, 5.74) is 0.563. The molecular weight excluding hydrogens is 384 g/mol. The minimum Gasteiger partial charge on any atom is -0.496 e. The Kier molecular flexibility index (Phi) is 4.40. The number of rotatable bonds is 4. The molecule has 0 saturated carbocycles. The van der Waals surface area contributed by atoms with Gasteiger partial charge in [-0.3, -0.25) is 0 Å². The molecule has 2 aliphatic heterocycles. The molecule has 0 amide bonds. The van der Waals surface area contributed by atoms with E-state index in [1.54, 1.807) is 36.4 Å². The average Bonchev–Trinajstić information content (AvgIpc) is 3.26. The fourth-order valence-corrected chi connectivity index (χ4v) is 4.41. The number of carbonyl (C=O) groups is 2. The molecule has 0 unspecified atom stereocenters. The monoisotopic (exact) mass is 400 g/mol. The summed E-state index contributed by atoms with van der Waals surface area (Å²) in [6.07, 6.45) is -0.805. The normalized spacial score (nSPS) is 22.1. The van der Waals surface area contributed by atoms with Crippen LogP contribution in [0.25, 0.3) is 0 Å². The zero-order valence-electron chi connectivity index (χ0n) is 15.4. The summed E-state index contributed by atoms with van der Waals surface area (Å²) in [5, 5.41) is 0.413. The number of para-hydroxylation sites is 1. The minimum absolute atomic E-state index is 0.0527. The molecule has 0 spiro atoms. The van der Waals surface area contributed by atoms with Gasteiger partial charge in [-0.05, 0) is 17.7 Å². The van der Waals surface area contributed by atoms with Crippen molar-refractivity contribution in [3.05, 3.63) is 75.3 Å². The summed E-state index contributed by atoms with van der Waals surface area (Å²) in [7, 11) is 4.03. The number of benzene rings is 2. The highest BCUT2D eigenvalue weighted by Crippen LogP contribution is 2.63. The molecule has 7 heteroatoms. The van der Waals surface area contributed by atoms with Crippen LogP contribution in [0.15, 0.2) is 53.6 Å². The summed E-state index contributed by atoms with van der Waals surface area (Å²) in [6.45, 7) is 0. The lowest BCUT2D eigenvalue weighted by Crippen LogP contribution is -2.34. The van der Waals surface area contributed by atoms with E-state index in [1.165, 1.54) is 21.3 Å². The summed E-state index contributed by atoms with van der Waals surface area (Å²) in [6, 6.07) is 12.4. The number of hydrogen-bond acceptors (Lipinski definition) is 6. The third-order valence-corrected chi connectivity index (χ3v) is 5.45. The maximum Gasteiger partial charge on any atom is 0.338 e. The molecule has 2 aromatic carbocycles. The van der Waals surface area contributed by atoms with E-state index in [1.807, 2.05) is 6.07 Å². The largest absolute Gasteiger partial charge is 0.496 e. The highest BCUT2D eigenvalue weighted by molar-refractivity contribution is 6.32. The first kappa shape index (κ1) is 18.5. The maximum absolute atomic E-state index is 12.9. The van der Waals surface area contributed by atoms with Crippen LogP contribution >= 0.6 is 11.6 Å². The Morgan fingerprint density at radius 3 is 2.39 bits per heavy atom. The summed E-state index contributed by atoms with van der Waals surface area (Å²) >= 11 is 6.56. The van der Waals surface area contributed by atoms with Crippen LogP contribution < -0.4 is 4.74 Å². The minimum atomic E-state index is -1.44. The Balaban J connectivity index is 2.15. The number of methoxy groups -OCH3 is 3. The van der Waals surface area contributed by atoms with E-state index in [0.717, 1.165) is 0 Å². The Hall–Kier alpha value is -2.83. The van der Waals surface area contributed by atoms with Crippen molar-refractivity contribution in [1.29, 1.82) is 0 Å². The second-order valence-corrected chi connectivity index (χ2v) is 6.76. The van der Waals surface area contributed by atoms with Crippen LogP contribution in [-0.4, -0.2) is 33.3 Å². The first-order chi connectivity index (χ1) is 13.5. The number of fused-ring (bicyclic) bond motifs is 5. The van der Waals surface area contributed by atoms with E-state index in [9.17, 15) is 9.59 Å². The number of halogens is 1. The molecule has 144 valence electrons. The van der Waals surface area contributed by atoms with Crippen molar-refractivity contribution in [1.82, 2.24) is 0 Å². The Morgan fingerprint density at radius 2 is 1.71 bits per heavy atom. The number of carbonyl (C=O) groups excluding carboxylic acids is 2. The maximum atomic E-state index is 12.9. The summed E-state index contributed by atoms with van der Waals surface area (Å²) in [4.78, 5) is 25.5. The SMILES string of the molecule is COC(=O)C1=C(C(=O)OC)[C@@]2(c3ccccc3OC)O[C@@H]1c1cccc(Cl)c12. The molecule has 4 rings (SSSR count). The first-order valence-corrected chi connectivity index (χ1v) is 8.90. The van der Waals surface area contributed by atoms with E-state index >= 15 is 0 Å². The average molecular weight is 401 g/mol. The van der Waals surface area contributed by atoms with Crippen molar-refractivity contribution in [3.63, 3.8) is 0 Å². The molecule has 2 heterocycles. The topological polar surface area (TPSA) is 71.1 Å². The van der Waals surface area contributed by atoms with Gasteiger partial charge in [-0.25, -0.2) is 9.59 Å². The Labute approximate surface area is 166 Å². The molecule has 28 heavy (non-hydrogen) atoms. The van der Waals surface area contributed by atoms with Crippen molar-refractivity contribution in [2.45, 2.75) is 11.7 Å². The Bertz CT molecular complexity index is 1030. The van der Waals surface area contributed by atoms with Gasteiger partial charge in [0.1, 0.15) is 11.9 Å². The standard InChI is InChI=1S/C21H17ClO6/c1-25-14-10-5-4-8-12(14)21-16-11(7-6-9-13(16)22)18(28-21)15(19(23)26-2)17(21)20(24)27-3/h4-10,18H,1-3H3/t18-,21+/m1/s1. The van der Waals surface area contributed by atoms with E-state index in [-0.39, 0.29) is 11.1 Å². The van der Waals surface area contributed by atoms with Crippen LogP contribution in [0.1, 0.15) is 22.8 Å². The van der Waals surface area contributed by atoms with E-state index in [2.05, 4.69) is 0 Å². The van der Waals surface area contributed by atoms with Crippen LogP contribution in [0.3, 0.4) is 0 Å². The molecule has 2 atom stereocenters. The van der Waals surface area contributed by atoms with Gasteiger partial charge in [0.15, 0.2) is 5.60 Å². The summed E-state index contributed by atoms with van der Waals surface area (Å²) in [5.74, 6) is -0.867. The van der Waals surface area contributed by atoms with E-state index < -0.39 is 23.6 Å². The lowest BCUT2D eigenvalue weighted by Gasteiger charge is -2.31. The van der Waals surface area contributed by atoms with Gasteiger partial charge in [0.05, 0.1) is 32.5 Å². The number of esters is 2. The van der Waals surface area contributed by atoms with Gasteiger partial charge in [-0.2, -0.15) is 0 Å². The highest BCUT2D eigenvalue weighted by Gasteiger charge is 2.63. The quantitative estimate of drug-likeness (QED) is 0.733. The van der Waals surface area contributed by atoms with Gasteiger partial charge in [-0.1, -0.05) is 41.9 Å². The predicted octanol–water partition coefficient (Wildman–Crippen LogP) is 3.32. The predicted molar refractivity (Wildman–Crippen MR) is 100 cm³/mol. The van der Waals surface area contributed by atoms with Gasteiger partial charge in [0, 0.05) is 16.1 Å². The molecule has 2 bridgehead atoms. The van der Waals surface area contributed by atoms with Crippen molar-refractivity contribution in [3.8, 4) is 5.75 Å². The van der Waals surface area contributed by atoms with Gasteiger partial charge in [-0.15, -0.1) is 0 Å². The van der Waals surface area contributed by atoms with Crippen molar-refractivity contribution in [2.75, 3.05) is 21.3 Å². The van der Waals surface area contributed by atoms with Crippen molar-refractivity contribution >= 4 is 23.5 Å². The van der Waals surface area contributed by atoms with Gasteiger partial charge < -0.3 is 18.9 Å². The van der Waals surface area contributed by atoms with Crippen LogP contribution in [0.4, 0.5) is 0 Å². The molecule has 6 nitrogen and oxygen atoms in total. The second-order valence-electron chi connectivity index (χ2n) is 6.36. The third-order valence-electron chi connectivity index (χ3n) is 5.14. The van der Waals surface area contributed by atoms with Crippen molar-refractivity contribution < 1.29 is 28.5 Å². The van der Waals surface area contributed by atoms with Crippen LogP contribution in [0.2, 0.25) is 5.02 Å². The van der Waals surface area contributed by atoms with Gasteiger partial charge >= 0.3 is 11.9 Å². The van der Waals surface area contributed by atoms with Crippen molar-refractivity contribution in [2.24, 2.45) is 0 Å². The second kappa shape index (κ2) is 6.65. The fraction of sp³-hybridized carbons (Fsp3) is 0.238. The first-order valence-electron chi connectivity index (χ1n) is 8.52. The third kappa shape index (κ3) is 2.25. The number of hydrogen-bond donors (Lipinski definition) is 0. The molecular formula is C21H17ClO6. The molecule has 2 aliphatic rings. The molecule has 0 saturated heterocycles. The zero-order chi connectivity index (χ0) is 20.1. The Morgan fingerprint density at radius 1 is 1.00 bits per heavy atom. The van der Waals surface area contributed by atoms with Crippen LogP contribution in [0, 0.1) is 0 Å². The number of ether oxygens (including phenoxy) is 4. The zero-order valence-corrected chi connectivity index (χ0v) is 16.2. The van der Waals surface area contributed by atoms with Crippen LogP contribution in [-0.2, 0) is 29.4 Å². The molecule has 0 aromatic heterocycles. The molecule has 0 fully saturated rings. The lowest BCUT2D eigenvalue weighted by atomic mass is 9.73. The molecule has 0 aliphatic carbocycles. The van der Waals surface area contributed by atoms with Crippen LogP contribution in [0.5, 0.6) is 5.75 Å². The molecule has 0 N–H and O–H groups in total. The van der Waals surface area contributed by atoms with E-state index in [0.29, 0.717) is 27.5 Å². The van der Waals surface area contributed by atoms with E-state index in [4.69, 9.17) is 30.5 Å². The van der Waals surface area contributed by atoms with Gasteiger partial charge in [0.25, 0.3) is 0 Å². The highest BCUT2D eigenvalue weighted by atomic mass is 35.5. The molecule has 2 aromatic rings. The fourth-order valence-electron chi connectivity index (χ4n) is 4.09.